The number of carboxylic acids is 1. The number of aliphatic imine (C=N–C) groups is 1. The van der Waals surface area contributed by atoms with Crippen molar-refractivity contribution in [3.8, 4) is 0 Å². The van der Waals surface area contributed by atoms with Crippen molar-refractivity contribution >= 4 is 74.8 Å². The van der Waals surface area contributed by atoms with E-state index in [1.54, 1.807) is 20.2 Å². The van der Waals surface area contributed by atoms with Crippen LogP contribution in [0, 0.1) is 0 Å². The van der Waals surface area contributed by atoms with Gasteiger partial charge in [-0.1, -0.05) is 0 Å². The molecule has 62 heavy (non-hydrogen) atoms. The molecular formula is C34H46ClN11O15S. The van der Waals surface area contributed by atoms with Crippen molar-refractivity contribution in [3.05, 3.63) is 80.7 Å². The minimum atomic E-state index is -3.58. The first-order valence-electron chi connectivity index (χ1n) is 17.6. The first-order chi connectivity index (χ1) is 28.2. The van der Waals surface area contributed by atoms with Crippen LogP contribution in [0.1, 0.15) is 38.4 Å². The fourth-order valence-electron chi connectivity index (χ4n) is 5.66. The van der Waals surface area contributed by atoms with E-state index in [2.05, 4.69) is 28.6 Å². The van der Waals surface area contributed by atoms with Crippen molar-refractivity contribution < 1.29 is 41.6 Å². The maximum Gasteiger partial charge on any atom is 0.336 e. The van der Waals surface area contributed by atoms with E-state index in [4.69, 9.17) is 5.11 Å². The molecular weight excluding hydrogens is 870 g/mol. The first-order valence-corrected chi connectivity index (χ1v) is 19.4. The SMILES string of the molecule is COC(=O)[C@@H](C)n1cnc2c1c(=O)n(C)c(=O)n2C.COC(=O)[C@H](C)OS(C)(=O)=O.C[C@H](C(=O)O)n1cnc2c1c(=O)n(C)c(=O)n2C.Cl.Cn1c2c(c(=O)n(C)c1=O)CC=N2. The monoisotopic (exact) mass is 915 g/mol. The summed E-state index contributed by atoms with van der Waals surface area (Å²) in [6, 6.07) is -1.62. The highest BCUT2D eigenvalue weighted by atomic mass is 35.5. The number of rotatable bonds is 7. The number of aryl methyl sites for hydroxylation is 2. The molecule has 0 saturated heterocycles. The van der Waals surface area contributed by atoms with Gasteiger partial charge in [-0.15, -0.1) is 12.4 Å². The van der Waals surface area contributed by atoms with E-state index in [-0.39, 0.29) is 46.0 Å². The van der Waals surface area contributed by atoms with Crippen LogP contribution in [0.2, 0.25) is 0 Å². The predicted octanol–water partition coefficient (Wildman–Crippen LogP) is -2.46. The number of esters is 2. The fourth-order valence-corrected chi connectivity index (χ4v) is 6.26. The highest BCUT2D eigenvalue weighted by molar-refractivity contribution is 7.86. The Bertz CT molecular complexity index is 3060. The molecule has 0 aliphatic carbocycles. The molecule has 0 amide bonds. The van der Waals surface area contributed by atoms with E-state index in [9.17, 15) is 51.6 Å². The quantitative estimate of drug-likeness (QED) is 0.131. The lowest BCUT2D eigenvalue weighted by atomic mass is 10.2. The van der Waals surface area contributed by atoms with Gasteiger partial charge in [0, 0.05) is 54.9 Å². The number of carboxylic acid groups (broad SMARTS) is 1. The molecule has 0 fully saturated rings. The Hall–Kier alpha value is -6.74. The van der Waals surface area contributed by atoms with Crippen LogP contribution in [-0.4, -0.2) is 111 Å². The molecule has 0 saturated carbocycles. The van der Waals surface area contributed by atoms with Gasteiger partial charge < -0.3 is 23.7 Å². The van der Waals surface area contributed by atoms with Crippen molar-refractivity contribution in [2.45, 2.75) is 45.4 Å². The lowest BCUT2D eigenvalue weighted by molar-refractivity contribution is -0.147. The van der Waals surface area contributed by atoms with E-state index in [1.165, 1.54) is 91.7 Å². The second-order valence-corrected chi connectivity index (χ2v) is 14.9. The number of hydrogen-bond donors (Lipinski definition) is 1. The summed E-state index contributed by atoms with van der Waals surface area (Å²) in [7, 11) is 7.65. The first kappa shape index (κ1) is 51.4. The van der Waals surface area contributed by atoms with Gasteiger partial charge in [-0.05, 0) is 20.8 Å². The zero-order valence-electron chi connectivity index (χ0n) is 35.6. The van der Waals surface area contributed by atoms with E-state index < -0.39 is 68.7 Å². The minimum Gasteiger partial charge on any atom is -0.480 e. The maximum absolute atomic E-state index is 12.1. The fraction of sp³-hybridized carbons (Fsp3) is 0.471. The third-order valence-corrected chi connectivity index (χ3v) is 9.80. The van der Waals surface area contributed by atoms with E-state index in [0.29, 0.717) is 17.8 Å². The van der Waals surface area contributed by atoms with Crippen LogP contribution in [0.25, 0.3) is 22.3 Å². The average Bonchev–Trinajstić information content (AvgIpc) is 4.00. The van der Waals surface area contributed by atoms with Gasteiger partial charge in [0.05, 0.1) is 38.7 Å². The molecule has 1 N–H and O–H groups in total. The molecule has 1 aliphatic heterocycles. The summed E-state index contributed by atoms with van der Waals surface area (Å²) in [5.74, 6) is -1.79. The number of halogens is 1. The van der Waals surface area contributed by atoms with Gasteiger partial charge in [-0.2, -0.15) is 8.42 Å². The number of carbonyl (C=O) groups is 3. The topological polar surface area (TPSA) is 313 Å². The number of carbonyl (C=O) groups excluding carboxylic acids is 2. The Morgan fingerprint density at radius 1 is 0.661 bits per heavy atom. The summed E-state index contributed by atoms with van der Waals surface area (Å²) in [4.78, 5) is 116. The van der Waals surface area contributed by atoms with Gasteiger partial charge in [0.2, 0.25) is 0 Å². The molecule has 0 unspecified atom stereocenters. The average molecular weight is 916 g/mol. The number of fused-ring (bicyclic) bond motifs is 3. The molecule has 0 spiro atoms. The van der Waals surface area contributed by atoms with Gasteiger partial charge in [-0.25, -0.2) is 43.7 Å². The predicted molar refractivity (Wildman–Crippen MR) is 223 cm³/mol. The van der Waals surface area contributed by atoms with Crippen LogP contribution in [0.5, 0.6) is 0 Å². The Morgan fingerprint density at radius 2 is 1.06 bits per heavy atom. The summed E-state index contributed by atoms with van der Waals surface area (Å²) >= 11 is 0. The zero-order chi connectivity index (χ0) is 46.6. The van der Waals surface area contributed by atoms with Gasteiger partial charge in [-0.3, -0.25) is 46.0 Å². The lowest BCUT2D eigenvalue weighted by Gasteiger charge is -2.12. The van der Waals surface area contributed by atoms with Gasteiger partial charge >= 0.3 is 35.0 Å². The summed E-state index contributed by atoms with van der Waals surface area (Å²) in [5.41, 5.74) is -1.26. The van der Waals surface area contributed by atoms with Crippen molar-refractivity contribution in [1.29, 1.82) is 0 Å². The third kappa shape index (κ3) is 10.4. The highest BCUT2D eigenvalue weighted by Gasteiger charge is 2.23. The van der Waals surface area contributed by atoms with Gasteiger partial charge in [0.15, 0.2) is 28.4 Å². The number of methoxy groups -OCH3 is 2. The number of imidazole rings is 2. The molecule has 0 bridgehead atoms. The molecule has 3 atom stereocenters. The molecule has 1 aliphatic rings. The van der Waals surface area contributed by atoms with Crippen LogP contribution in [-0.2, 0) is 86.9 Å². The van der Waals surface area contributed by atoms with Crippen molar-refractivity contribution in [3.63, 3.8) is 0 Å². The number of ether oxygens (including phenoxy) is 2. The molecule has 26 nitrogen and oxygen atoms in total. The summed E-state index contributed by atoms with van der Waals surface area (Å²) in [6.07, 6.45) is 4.57. The van der Waals surface area contributed by atoms with E-state index >= 15 is 0 Å². The molecule has 0 radical (unpaired) electrons. The third-order valence-electron chi connectivity index (χ3n) is 9.17. The Balaban J connectivity index is 0.000000290. The van der Waals surface area contributed by atoms with Crippen LogP contribution in [0.15, 0.2) is 46.4 Å². The number of nitrogens with zero attached hydrogens (tertiary/aromatic N) is 11. The van der Waals surface area contributed by atoms with Crippen LogP contribution >= 0.6 is 12.4 Å². The summed E-state index contributed by atoms with van der Waals surface area (Å²) in [6.45, 7) is 4.33. The van der Waals surface area contributed by atoms with Crippen LogP contribution in [0.4, 0.5) is 5.82 Å². The number of aliphatic carboxylic acids is 1. The largest absolute Gasteiger partial charge is 0.480 e. The number of hydrogen-bond acceptors (Lipinski definition) is 17. The molecule has 6 rings (SSSR count). The van der Waals surface area contributed by atoms with E-state index in [1.807, 2.05) is 0 Å². The van der Waals surface area contributed by atoms with E-state index in [0.717, 1.165) is 27.1 Å². The second-order valence-electron chi connectivity index (χ2n) is 13.3. The molecule has 340 valence electrons. The smallest absolute Gasteiger partial charge is 0.336 e. The second kappa shape index (κ2) is 20.2. The Labute approximate surface area is 356 Å². The van der Waals surface area contributed by atoms with Crippen LogP contribution in [0.3, 0.4) is 0 Å². The van der Waals surface area contributed by atoms with Crippen molar-refractivity contribution in [2.24, 2.45) is 47.3 Å². The molecule has 28 heteroatoms. The van der Waals surface area contributed by atoms with Gasteiger partial charge in [0.1, 0.15) is 17.9 Å². The Morgan fingerprint density at radius 3 is 1.47 bits per heavy atom. The van der Waals surface area contributed by atoms with Gasteiger partial charge in [0.25, 0.3) is 26.8 Å². The standard InChI is InChI=1S/C11H14N4O4.C10H12N4O4.C8H9N3O2.C5H10O5S.ClH/c1-6(10(17)19-4)15-5-12-8-7(15)9(16)14(3)11(18)13(8)2;1-5(9(16)17)14-4-11-7-6(14)8(15)13(3)10(18)12(7)2;1-10-6-5(3-4-9-6)7(12)11(2)8(10)13;1-4(5(6)9-2)10-11(3,7)8;/h5-6H,1-4H3;4-5H,1-3H3,(H,16,17);4H,3H2,1-2H3;4H,1-3H3;1H/t6-;5-;;4-;/m11.0./s1. The zero-order valence-corrected chi connectivity index (χ0v) is 37.2. The molecule has 6 heterocycles. The minimum absolute atomic E-state index is 0. The normalized spacial score (nSPS) is 12.9. The van der Waals surface area contributed by atoms with Crippen LogP contribution < -0.4 is 33.7 Å². The molecule has 5 aromatic heterocycles. The molecule has 0 aromatic carbocycles. The molecule has 5 aromatic rings. The maximum atomic E-state index is 12.1. The Kier molecular flexibility index (Phi) is 16.8. The van der Waals surface area contributed by atoms with Crippen molar-refractivity contribution in [1.82, 2.24) is 46.5 Å². The highest BCUT2D eigenvalue weighted by Crippen LogP contribution is 2.17. The number of aromatic nitrogens is 10. The summed E-state index contributed by atoms with van der Waals surface area (Å²) in [5, 5.41) is 8.97. The van der Waals surface area contributed by atoms with Crippen molar-refractivity contribution in [2.75, 3.05) is 20.5 Å². The summed E-state index contributed by atoms with van der Waals surface area (Å²) < 4.78 is 43.5. The lowest BCUT2D eigenvalue weighted by Crippen LogP contribution is -2.38.